The van der Waals surface area contributed by atoms with Crippen LogP contribution in [0.2, 0.25) is 0 Å². The van der Waals surface area contributed by atoms with Crippen molar-refractivity contribution in [3.8, 4) is 6.07 Å². The summed E-state index contributed by atoms with van der Waals surface area (Å²) in [5, 5.41) is 15.5. The molecule has 0 radical (unpaired) electrons. The van der Waals surface area contributed by atoms with Gasteiger partial charge in [0.25, 0.3) is 11.8 Å². The Bertz CT molecular complexity index is 895. The van der Waals surface area contributed by atoms with E-state index in [0.717, 1.165) is 44.1 Å². The van der Waals surface area contributed by atoms with Gasteiger partial charge in [0.1, 0.15) is 5.00 Å². The summed E-state index contributed by atoms with van der Waals surface area (Å²) < 4.78 is 0. The monoisotopic (exact) mass is 381 g/mol. The number of fused-ring (bicyclic) bond motifs is 1. The fourth-order valence-electron chi connectivity index (χ4n) is 3.27. The number of rotatable bonds is 6. The summed E-state index contributed by atoms with van der Waals surface area (Å²) in [7, 11) is 0. The van der Waals surface area contributed by atoms with Gasteiger partial charge in [-0.3, -0.25) is 9.59 Å². The number of nitrogens with zero attached hydrogens (tertiary/aromatic N) is 1. The van der Waals surface area contributed by atoms with Gasteiger partial charge in [-0.2, -0.15) is 5.26 Å². The van der Waals surface area contributed by atoms with Crippen molar-refractivity contribution in [2.75, 3.05) is 11.9 Å². The molecule has 1 aromatic carbocycles. The maximum absolute atomic E-state index is 12.8. The second-order valence-corrected chi connectivity index (χ2v) is 7.78. The Labute approximate surface area is 163 Å². The van der Waals surface area contributed by atoms with Gasteiger partial charge < -0.3 is 10.6 Å². The first-order chi connectivity index (χ1) is 13.1. The number of thiophene rings is 1. The maximum Gasteiger partial charge on any atom is 0.256 e. The Morgan fingerprint density at radius 2 is 2.04 bits per heavy atom. The van der Waals surface area contributed by atoms with E-state index in [0.29, 0.717) is 28.2 Å². The number of hydrogen-bond donors (Lipinski definition) is 2. The number of carbonyl (C=O) groups is 2. The van der Waals surface area contributed by atoms with Gasteiger partial charge in [-0.25, -0.2) is 0 Å². The minimum atomic E-state index is -0.298. The molecule has 5 nitrogen and oxygen atoms in total. The lowest BCUT2D eigenvalue weighted by Crippen LogP contribution is -2.26. The molecule has 0 aliphatic heterocycles. The highest BCUT2D eigenvalue weighted by molar-refractivity contribution is 7.17. The van der Waals surface area contributed by atoms with Gasteiger partial charge in [0.2, 0.25) is 0 Å². The van der Waals surface area contributed by atoms with Crippen LogP contribution in [-0.2, 0) is 12.8 Å². The molecule has 140 valence electrons. The van der Waals surface area contributed by atoms with Gasteiger partial charge in [-0.1, -0.05) is 19.4 Å². The fourth-order valence-corrected chi connectivity index (χ4v) is 4.55. The van der Waals surface area contributed by atoms with Crippen molar-refractivity contribution in [2.45, 2.75) is 45.4 Å². The lowest BCUT2D eigenvalue weighted by atomic mass is 9.95. The number of nitriles is 1. The SMILES string of the molecule is CCCCNC(=O)c1c(NC(=O)c2cccc(C#N)c2)sc2c1CCCC2. The first-order valence-electron chi connectivity index (χ1n) is 9.38. The highest BCUT2D eigenvalue weighted by Gasteiger charge is 2.26. The molecule has 1 aliphatic carbocycles. The predicted octanol–water partition coefficient (Wildman–Crippen LogP) is 4.28. The standard InChI is InChI=1S/C21H23N3O2S/c1-2-3-11-23-20(26)18-16-9-4-5-10-17(16)27-21(18)24-19(25)15-8-6-7-14(12-15)13-22/h6-8,12H,2-5,9-11H2,1H3,(H,23,26)(H,24,25). The predicted molar refractivity (Wildman–Crippen MR) is 107 cm³/mol. The topological polar surface area (TPSA) is 82.0 Å². The van der Waals surface area contributed by atoms with Crippen LogP contribution in [0.3, 0.4) is 0 Å². The van der Waals surface area contributed by atoms with Crippen LogP contribution in [0.1, 0.15) is 69.3 Å². The first kappa shape index (κ1) is 19.1. The van der Waals surface area contributed by atoms with E-state index in [-0.39, 0.29) is 11.8 Å². The molecule has 2 aromatic rings. The second-order valence-electron chi connectivity index (χ2n) is 6.67. The lowest BCUT2D eigenvalue weighted by Gasteiger charge is -2.13. The summed E-state index contributed by atoms with van der Waals surface area (Å²) in [5.41, 5.74) is 2.56. The summed E-state index contributed by atoms with van der Waals surface area (Å²) in [6.07, 6.45) is 5.96. The molecule has 0 unspecified atom stereocenters. The van der Waals surface area contributed by atoms with Crippen LogP contribution < -0.4 is 10.6 Å². The van der Waals surface area contributed by atoms with Crippen LogP contribution in [0, 0.1) is 11.3 Å². The van der Waals surface area contributed by atoms with Crippen molar-refractivity contribution in [3.05, 3.63) is 51.4 Å². The van der Waals surface area contributed by atoms with Crippen molar-refractivity contribution in [1.82, 2.24) is 5.32 Å². The van der Waals surface area contributed by atoms with Crippen LogP contribution in [0.4, 0.5) is 5.00 Å². The first-order valence-corrected chi connectivity index (χ1v) is 10.2. The average molecular weight is 382 g/mol. The molecule has 6 heteroatoms. The zero-order chi connectivity index (χ0) is 19.2. The van der Waals surface area contributed by atoms with Gasteiger partial charge in [0, 0.05) is 17.0 Å². The molecule has 0 saturated carbocycles. The summed E-state index contributed by atoms with van der Waals surface area (Å²) in [5.74, 6) is -0.405. The maximum atomic E-state index is 12.8. The molecule has 0 atom stereocenters. The van der Waals surface area contributed by atoms with Gasteiger partial charge in [0.15, 0.2) is 0 Å². The number of aryl methyl sites for hydroxylation is 1. The van der Waals surface area contributed by atoms with Crippen molar-refractivity contribution in [3.63, 3.8) is 0 Å². The van der Waals surface area contributed by atoms with Crippen molar-refractivity contribution in [2.24, 2.45) is 0 Å². The highest BCUT2D eigenvalue weighted by Crippen LogP contribution is 2.38. The minimum absolute atomic E-state index is 0.107. The van der Waals surface area contributed by atoms with E-state index >= 15 is 0 Å². The molecule has 2 amide bonds. The molecule has 0 spiro atoms. The van der Waals surface area contributed by atoms with E-state index < -0.39 is 0 Å². The van der Waals surface area contributed by atoms with Gasteiger partial charge in [-0.05, 0) is 55.9 Å². The zero-order valence-corrected chi connectivity index (χ0v) is 16.2. The molecular weight excluding hydrogens is 358 g/mol. The third-order valence-electron chi connectivity index (χ3n) is 4.70. The van der Waals surface area contributed by atoms with Gasteiger partial charge in [0.05, 0.1) is 17.2 Å². The van der Waals surface area contributed by atoms with E-state index in [1.165, 1.54) is 16.2 Å². The van der Waals surface area contributed by atoms with Crippen LogP contribution in [-0.4, -0.2) is 18.4 Å². The highest BCUT2D eigenvalue weighted by atomic mass is 32.1. The number of nitrogens with one attached hydrogen (secondary N) is 2. The van der Waals surface area contributed by atoms with E-state index in [2.05, 4.69) is 17.6 Å². The molecule has 27 heavy (non-hydrogen) atoms. The number of benzene rings is 1. The molecule has 0 bridgehead atoms. The lowest BCUT2D eigenvalue weighted by molar-refractivity contribution is 0.0953. The molecule has 1 aromatic heterocycles. The number of unbranched alkanes of at least 4 members (excludes halogenated alkanes) is 1. The van der Waals surface area contributed by atoms with E-state index in [1.807, 2.05) is 6.07 Å². The molecule has 2 N–H and O–H groups in total. The fraction of sp³-hybridized carbons (Fsp3) is 0.381. The van der Waals surface area contributed by atoms with Gasteiger partial charge in [-0.15, -0.1) is 11.3 Å². The van der Waals surface area contributed by atoms with E-state index in [9.17, 15) is 9.59 Å². The summed E-state index contributed by atoms with van der Waals surface area (Å²) in [6, 6.07) is 8.62. The molecule has 1 aliphatic rings. The third-order valence-corrected chi connectivity index (χ3v) is 5.90. The zero-order valence-electron chi connectivity index (χ0n) is 15.4. The van der Waals surface area contributed by atoms with Crippen LogP contribution in [0.5, 0.6) is 0 Å². The molecule has 0 fully saturated rings. The summed E-state index contributed by atoms with van der Waals surface area (Å²) >= 11 is 1.50. The van der Waals surface area contributed by atoms with Crippen molar-refractivity contribution in [1.29, 1.82) is 5.26 Å². The third kappa shape index (κ3) is 4.37. The number of amides is 2. The van der Waals surface area contributed by atoms with Crippen molar-refractivity contribution >= 4 is 28.2 Å². The van der Waals surface area contributed by atoms with Crippen LogP contribution >= 0.6 is 11.3 Å². The Kier molecular flexibility index (Phi) is 6.25. The smallest absolute Gasteiger partial charge is 0.256 e. The normalized spacial score (nSPS) is 12.7. The molecular formula is C21H23N3O2S. The van der Waals surface area contributed by atoms with Crippen molar-refractivity contribution < 1.29 is 9.59 Å². The summed E-state index contributed by atoms with van der Waals surface area (Å²) in [6.45, 7) is 2.72. The van der Waals surface area contributed by atoms with Crippen LogP contribution in [0.15, 0.2) is 24.3 Å². The number of carbonyl (C=O) groups excluding carboxylic acids is 2. The van der Waals surface area contributed by atoms with E-state index in [1.54, 1.807) is 24.3 Å². The van der Waals surface area contributed by atoms with Crippen LogP contribution in [0.25, 0.3) is 0 Å². The van der Waals surface area contributed by atoms with Gasteiger partial charge >= 0.3 is 0 Å². The second kappa shape index (κ2) is 8.83. The molecule has 3 rings (SSSR count). The Balaban J connectivity index is 1.87. The van der Waals surface area contributed by atoms with E-state index in [4.69, 9.17) is 5.26 Å². The Morgan fingerprint density at radius 1 is 1.22 bits per heavy atom. The molecule has 1 heterocycles. The molecule has 0 saturated heterocycles. The number of anilines is 1. The Hall–Kier alpha value is -2.65. The average Bonchev–Trinajstić information content (AvgIpc) is 3.06. The number of hydrogen-bond acceptors (Lipinski definition) is 4. The Morgan fingerprint density at radius 3 is 2.81 bits per heavy atom. The largest absolute Gasteiger partial charge is 0.352 e. The quantitative estimate of drug-likeness (QED) is 0.733. The summed E-state index contributed by atoms with van der Waals surface area (Å²) in [4.78, 5) is 26.7. The minimum Gasteiger partial charge on any atom is -0.352 e.